The van der Waals surface area contributed by atoms with Gasteiger partial charge in [0, 0.05) is 46.7 Å². The summed E-state index contributed by atoms with van der Waals surface area (Å²) in [5.41, 5.74) is -0.136. The number of benzene rings is 2. The average Bonchev–Trinajstić information content (AvgIpc) is 2.82. The minimum Gasteiger partial charge on any atom is -0.288 e. The SMILES string of the molecule is CCCS(=O)(=O)Nc1cc(F)c(F)c(C(=O)c2ccc3ncc(-c4cccnc4)cc3c2)c1F. The van der Waals surface area contributed by atoms with Crippen LogP contribution in [-0.4, -0.2) is 29.9 Å². The van der Waals surface area contributed by atoms with Gasteiger partial charge in [-0.2, -0.15) is 0 Å². The highest BCUT2D eigenvalue weighted by Gasteiger charge is 2.27. The number of carbonyl (C=O) groups is 1. The number of hydrogen-bond acceptors (Lipinski definition) is 5. The molecule has 0 atom stereocenters. The van der Waals surface area contributed by atoms with Crippen LogP contribution in [0, 0.1) is 17.5 Å². The molecule has 0 aliphatic heterocycles. The summed E-state index contributed by atoms with van der Waals surface area (Å²) in [7, 11) is -4.01. The molecule has 34 heavy (non-hydrogen) atoms. The minimum absolute atomic E-state index is 0.122. The third-order valence-electron chi connectivity index (χ3n) is 5.06. The van der Waals surface area contributed by atoms with E-state index in [0.29, 0.717) is 22.5 Å². The average molecular weight is 485 g/mol. The van der Waals surface area contributed by atoms with Gasteiger partial charge in [0.15, 0.2) is 23.2 Å². The van der Waals surface area contributed by atoms with Gasteiger partial charge in [-0.15, -0.1) is 0 Å². The van der Waals surface area contributed by atoms with E-state index in [2.05, 4.69) is 9.97 Å². The summed E-state index contributed by atoms with van der Waals surface area (Å²) in [6.07, 6.45) is 5.10. The number of aromatic nitrogens is 2. The number of fused-ring (bicyclic) bond motifs is 1. The number of nitrogens with one attached hydrogen (secondary N) is 1. The Labute approximate surface area is 193 Å². The maximum Gasteiger partial charge on any atom is 0.232 e. The van der Waals surface area contributed by atoms with Crippen LogP contribution >= 0.6 is 0 Å². The lowest BCUT2D eigenvalue weighted by Gasteiger charge is -2.13. The fraction of sp³-hybridized carbons (Fsp3) is 0.125. The quantitative estimate of drug-likeness (QED) is 0.291. The van der Waals surface area contributed by atoms with Crippen molar-refractivity contribution < 1.29 is 26.4 Å². The molecule has 174 valence electrons. The Hall–Kier alpha value is -3.79. The molecule has 0 saturated carbocycles. The van der Waals surface area contributed by atoms with Crippen LogP contribution in [-0.2, 0) is 10.0 Å². The predicted molar refractivity (Wildman–Crippen MR) is 122 cm³/mol. The molecule has 0 radical (unpaired) electrons. The monoisotopic (exact) mass is 485 g/mol. The van der Waals surface area contributed by atoms with Crippen LogP contribution in [0.15, 0.2) is 61.1 Å². The highest BCUT2D eigenvalue weighted by molar-refractivity contribution is 7.92. The maximum absolute atomic E-state index is 15.0. The third kappa shape index (κ3) is 4.62. The topological polar surface area (TPSA) is 89.0 Å². The summed E-state index contributed by atoms with van der Waals surface area (Å²) in [4.78, 5) is 21.4. The molecular formula is C24H18F3N3O3S. The van der Waals surface area contributed by atoms with E-state index >= 15 is 4.39 Å². The minimum atomic E-state index is -4.01. The van der Waals surface area contributed by atoms with Crippen LogP contribution in [0.5, 0.6) is 0 Å². The Morgan fingerprint density at radius 1 is 1.00 bits per heavy atom. The zero-order valence-corrected chi connectivity index (χ0v) is 18.7. The molecule has 4 aromatic rings. The molecule has 0 amide bonds. The number of carbonyl (C=O) groups excluding carboxylic acids is 1. The second kappa shape index (κ2) is 9.22. The second-order valence-corrected chi connectivity index (χ2v) is 9.37. The number of nitrogens with zero attached hydrogens (tertiary/aromatic N) is 2. The lowest BCUT2D eigenvalue weighted by molar-refractivity contribution is 0.103. The van der Waals surface area contributed by atoms with Crippen LogP contribution in [0.2, 0.25) is 0 Å². The first kappa shape index (κ1) is 23.4. The molecule has 2 heterocycles. The molecule has 0 unspecified atom stereocenters. The Kier molecular flexibility index (Phi) is 6.34. The van der Waals surface area contributed by atoms with E-state index in [1.807, 2.05) is 10.8 Å². The van der Waals surface area contributed by atoms with Crippen LogP contribution < -0.4 is 4.72 Å². The Balaban J connectivity index is 1.78. The normalized spacial score (nSPS) is 11.5. The van der Waals surface area contributed by atoms with Crippen LogP contribution in [0.1, 0.15) is 29.3 Å². The molecule has 2 aromatic carbocycles. The lowest BCUT2D eigenvalue weighted by atomic mass is 9.99. The first-order valence-electron chi connectivity index (χ1n) is 10.2. The fourth-order valence-corrected chi connectivity index (χ4v) is 4.60. The van der Waals surface area contributed by atoms with Crippen molar-refractivity contribution in [1.82, 2.24) is 9.97 Å². The van der Waals surface area contributed by atoms with Crippen molar-refractivity contribution in [1.29, 1.82) is 0 Å². The summed E-state index contributed by atoms with van der Waals surface area (Å²) in [6.45, 7) is 1.59. The molecule has 0 saturated heterocycles. The number of sulfonamides is 1. The van der Waals surface area contributed by atoms with E-state index in [0.717, 1.165) is 5.56 Å². The molecule has 4 rings (SSSR count). The van der Waals surface area contributed by atoms with Gasteiger partial charge >= 0.3 is 0 Å². The maximum atomic E-state index is 15.0. The molecule has 10 heteroatoms. The number of ketones is 1. The molecule has 0 fully saturated rings. The van der Waals surface area contributed by atoms with Gasteiger partial charge in [0.1, 0.15) is 0 Å². The van der Waals surface area contributed by atoms with Gasteiger partial charge in [-0.1, -0.05) is 13.0 Å². The zero-order chi connectivity index (χ0) is 24.5. The molecule has 0 aliphatic carbocycles. The Morgan fingerprint density at radius 3 is 2.50 bits per heavy atom. The van der Waals surface area contributed by atoms with Crippen LogP contribution in [0.4, 0.5) is 18.9 Å². The highest BCUT2D eigenvalue weighted by Crippen LogP contribution is 2.29. The van der Waals surface area contributed by atoms with Gasteiger partial charge in [-0.3, -0.25) is 19.5 Å². The summed E-state index contributed by atoms with van der Waals surface area (Å²) in [5, 5.41) is 0.508. The number of rotatable bonds is 7. The van der Waals surface area contributed by atoms with Gasteiger partial charge in [-0.05, 0) is 36.8 Å². The lowest BCUT2D eigenvalue weighted by Crippen LogP contribution is -2.19. The van der Waals surface area contributed by atoms with E-state index in [9.17, 15) is 22.0 Å². The standard InChI is InChI=1S/C24H18F3N3O3S/c1-2-8-34(32,33)30-20-11-18(25)22(26)21(23(20)27)24(31)14-5-6-19-16(9-14)10-17(13-29-19)15-4-3-7-28-12-15/h3-7,9-13,30H,2,8H2,1H3. The van der Waals surface area contributed by atoms with Gasteiger partial charge < -0.3 is 0 Å². The molecule has 6 nitrogen and oxygen atoms in total. The summed E-state index contributed by atoms with van der Waals surface area (Å²) < 4.78 is 69.7. The van der Waals surface area contributed by atoms with E-state index in [1.54, 1.807) is 37.6 Å². The summed E-state index contributed by atoms with van der Waals surface area (Å²) in [6, 6.07) is 9.87. The highest BCUT2D eigenvalue weighted by atomic mass is 32.2. The predicted octanol–water partition coefficient (Wildman–Crippen LogP) is 5.10. The first-order valence-corrected chi connectivity index (χ1v) is 11.9. The first-order chi connectivity index (χ1) is 16.2. The van der Waals surface area contributed by atoms with Crippen molar-refractivity contribution in [2.75, 3.05) is 10.5 Å². The number of halogens is 3. The molecule has 0 aliphatic rings. The van der Waals surface area contributed by atoms with E-state index in [4.69, 9.17) is 0 Å². The van der Waals surface area contributed by atoms with Crippen LogP contribution in [0.3, 0.4) is 0 Å². The van der Waals surface area contributed by atoms with Gasteiger partial charge in [0.05, 0.1) is 22.5 Å². The van der Waals surface area contributed by atoms with Gasteiger partial charge in [0.2, 0.25) is 10.0 Å². The molecule has 0 bridgehead atoms. The molecule has 2 aromatic heterocycles. The number of hydrogen-bond donors (Lipinski definition) is 1. The van der Waals surface area contributed by atoms with E-state index in [1.165, 1.54) is 18.2 Å². The van der Waals surface area contributed by atoms with Crippen molar-refractivity contribution in [2.45, 2.75) is 13.3 Å². The third-order valence-corrected chi connectivity index (χ3v) is 6.54. The summed E-state index contributed by atoms with van der Waals surface area (Å²) >= 11 is 0. The smallest absolute Gasteiger partial charge is 0.232 e. The molecule has 1 N–H and O–H groups in total. The zero-order valence-electron chi connectivity index (χ0n) is 17.8. The van der Waals surface area contributed by atoms with Crippen molar-refractivity contribution in [3.63, 3.8) is 0 Å². The van der Waals surface area contributed by atoms with Crippen molar-refractivity contribution in [3.05, 3.63) is 89.6 Å². The Bertz CT molecular complexity index is 1510. The summed E-state index contributed by atoms with van der Waals surface area (Å²) in [5.74, 6) is -6.25. The van der Waals surface area contributed by atoms with Crippen LogP contribution in [0.25, 0.3) is 22.0 Å². The van der Waals surface area contributed by atoms with Crippen molar-refractivity contribution in [2.24, 2.45) is 0 Å². The largest absolute Gasteiger partial charge is 0.288 e. The van der Waals surface area contributed by atoms with E-state index < -0.39 is 44.5 Å². The van der Waals surface area contributed by atoms with Crippen molar-refractivity contribution in [3.8, 4) is 11.1 Å². The van der Waals surface area contributed by atoms with E-state index in [-0.39, 0.29) is 17.7 Å². The Morgan fingerprint density at radius 2 is 1.79 bits per heavy atom. The fourth-order valence-electron chi connectivity index (χ4n) is 3.47. The molecular weight excluding hydrogens is 467 g/mol. The van der Waals surface area contributed by atoms with Crippen molar-refractivity contribution >= 4 is 32.4 Å². The number of anilines is 1. The molecule has 0 spiro atoms. The van der Waals surface area contributed by atoms with Gasteiger partial charge in [-0.25, -0.2) is 21.6 Å². The van der Waals surface area contributed by atoms with Gasteiger partial charge in [0.25, 0.3) is 0 Å². The second-order valence-electron chi connectivity index (χ2n) is 7.53. The number of pyridine rings is 2.